The Morgan fingerprint density at radius 2 is 2.00 bits per heavy atom. The zero-order valence-electron chi connectivity index (χ0n) is 13.0. The fourth-order valence-corrected chi connectivity index (χ4v) is 3.11. The Labute approximate surface area is 146 Å². The van der Waals surface area contributed by atoms with Crippen LogP contribution in [0.25, 0.3) is 22.2 Å². The molecular formula is C17H13FN6S. The smallest absolute Gasteiger partial charge is 0.182 e. The molecule has 0 spiro atoms. The summed E-state index contributed by atoms with van der Waals surface area (Å²) in [6.07, 6.45) is 3.30. The predicted octanol–water partition coefficient (Wildman–Crippen LogP) is 3.23. The summed E-state index contributed by atoms with van der Waals surface area (Å²) in [6.45, 7) is 0.282. The molecule has 6 nitrogen and oxygen atoms in total. The quantitative estimate of drug-likeness (QED) is 0.610. The molecule has 1 aromatic carbocycles. The summed E-state index contributed by atoms with van der Waals surface area (Å²) in [6, 6.07) is 10.1. The third kappa shape index (κ3) is 3.11. The van der Waals surface area contributed by atoms with E-state index in [-0.39, 0.29) is 12.4 Å². The molecular weight excluding hydrogens is 339 g/mol. The average molecular weight is 352 g/mol. The van der Waals surface area contributed by atoms with Crippen LogP contribution in [-0.2, 0) is 6.54 Å². The summed E-state index contributed by atoms with van der Waals surface area (Å²) in [4.78, 5) is 12.7. The van der Waals surface area contributed by atoms with Crippen molar-refractivity contribution in [2.24, 2.45) is 0 Å². The number of aromatic nitrogens is 5. The van der Waals surface area contributed by atoms with E-state index in [0.717, 1.165) is 10.7 Å². The Hall–Kier alpha value is -3.13. The van der Waals surface area contributed by atoms with Crippen LogP contribution in [-0.4, -0.2) is 24.7 Å². The molecule has 0 saturated carbocycles. The minimum Gasteiger partial charge on any atom is -0.384 e. The number of thiazole rings is 1. The first-order valence-electron chi connectivity index (χ1n) is 7.51. The van der Waals surface area contributed by atoms with Gasteiger partial charge in [-0.3, -0.25) is 4.68 Å². The highest BCUT2D eigenvalue weighted by Crippen LogP contribution is 2.27. The van der Waals surface area contributed by atoms with E-state index in [4.69, 9.17) is 5.73 Å². The second-order valence-corrected chi connectivity index (χ2v) is 6.20. The molecule has 25 heavy (non-hydrogen) atoms. The standard InChI is InChI=1S/C17H13FN6S/c18-12-4-2-1-3-11(12)10-24-14(17-21-7-8-25-17)9-13(23-24)16-20-6-5-15(19)22-16/h1-9H,10H2,(H2,19,20,22). The van der Waals surface area contributed by atoms with Gasteiger partial charge in [0.2, 0.25) is 0 Å². The minimum atomic E-state index is -0.273. The normalized spacial score (nSPS) is 10.9. The molecule has 3 heterocycles. The zero-order valence-corrected chi connectivity index (χ0v) is 13.8. The van der Waals surface area contributed by atoms with Gasteiger partial charge in [-0.25, -0.2) is 19.3 Å². The summed E-state index contributed by atoms with van der Waals surface area (Å²) >= 11 is 1.49. The molecule has 8 heteroatoms. The van der Waals surface area contributed by atoms with Crippen LogP contribution in [0.2, 0.25) is 0 Å². The topological polar surface area (TPSA) is 82.5 Å². The van der Waals surface area contributed by atoms with Crippen molar-refractivity contribution in [3.05, 3.63) is 65.6 Å². The van der Waals surface area contributed by atoms with Crippen LogP contribution < -0.4 is 5.73 Å². The van der Waals surface area contributed by atoms with Crippen LogP contribution in [0.1, 0.15) is 5.56 Å². The molecule has 4 aromatic rings. The lowest BCUT2D eigenvalue weighted by atomic mass is 10.2. The van der Waals surface area contributed by atoms with E-state index >= 15 is 0 Å². The lowest BCUT2D eigenvalue weighted by molar-refractivity contribution is 0.587. The third-order valence-electron chi connectivity index (χ3n) is 3.62. The first-order valence-corrected chi connectivity index (χ1v) is 8.38. The number of rotatable bonds is 4. The third-order valence-corrected chi connectivity index (χ3v) is 4.41. The minimum absolute atomic E-state index is 0.273. The van der Waals surface area contributed by atoms with Crippen molar-refractivity contribution in [2.45, 2.75) is 6.54 Å². The van der Waals surface area contributed by atoms with Gasteiger partial charge in [-0.1, -0.05) is 18.2 Å². The Morgan fingerprint density at radius 1 is 1.12 bits per heavy atom. The van der Waals surface area contributed by atoms with E-state index in [1.807, 2.05) is 11.4 Å². The highest BCUT2D eigenvalue weighted by Gasteiger charge is 2.16. The van der Waals surface area contributed by atoms with Crippen LogP contribution in [0.3, 0.4) is 0 Å². The summed E-state index contributed by atoms with van der Waals surface area (Å²) in [5, 5.41) is 7.22. The van der Waals surface area contributed by atoms with Crippen molar-refractivity contribution in [1.29, 1.82) is 0 Å². The lowest BCUT2D eigenvalue weighted by Crippen LogP contribution is -2.06. The van der Waals surface area contributed by atoms with Gasteiger partial charge in [-0.05, 0) is 18.2 Å². The van der Waals surface area contributed by atoms with Gasteiger partial charge in [-0.15, -0.1) is 11.3 Å². The van der Waals surface area contributed by atoms with Crippen LogP contribution in [0.4, 0.5) is 10.2 Å². The molecule has 0 unspecified atom stereocenters. The summed E-state index contributed by atoms with van der Waals surface area (Å²) < 4.78 is 15.7. The molecule has 0 aliphatic rings. The second-order valence-electron chi connectivity index (χ2n) is 5.31. The first kappa shape index (κ1) is 15.4. The number of nitrogens with zero attached hydrogens (tertiary/aromatic N) is 5. The van der Waals surface area contributed by atoms with Crippen molar-refractivity contribution < 1.29 is 4.39 Å². The maximum atomic E-state index is 14.0. The molecule has 0 fully saturated rings. The highest BCUT2D eigenvalue weighted by atomic mass is 32.1. The van der Waals surface area contributed by atoms with Gasteiger partial charge in [0.15, 0.2) is 5.82 Å². The first-order chi connectivity index (χ1) is 12.2. The van der Waals surface area contributed by atoms with Crippen molar-refractivity contribution in [1.82, 2.24) is 24.7 Å². The summed E-state index contributed by atoms with van der Waals surface area (Å²) in [5.74, 6) is 0.513. The molecule has 0 aliphatic carbocycles. The van der Waals surface area contributed by atoms with Crippen molar-refractivity contribution in [2.75, 3.05) is 5.73 Å². The zero-order chi connectivity index (χ0) is 17.2. The van der Waals surface area contributed by atoms with Gasteiger partial charge in [-0.2, -0.15) is 5.10 Å². The van der Waals surface area contributed by atoms with Gasteiger partial charge in [0.1, 0.15) is 22.3 Å². The van der Waals surface area contributed by atoms with Crippen LogP contribution in [0.5, 0.6) is 0 Å². The molecule has 124 valence electrons. The Balaban J connectivity index is 1.80. The number of benzene rings is 1. The van der Waals surface area contributed by atoms with Crippen LogP contribution >= 0.6 is 11.3 Å². The number of anilines is 1. The van der Waals surface area contributed by atoms with Gasteiger partial charge in [0.05, 0.1) is 12.2 Å². The maximum absolute atomic E-state index is 14.0. The van der Waals surface area contributed by atoms with E-state index < -0.39 is 0 Å². The van der Waals surface area contributed by atoms with Gasteiger partial charge in [0.25, 0.3) is 0 Å². The van der Waals surface area contributed by atoms with E-state index in [9.17, 15) is 4.39 Å². The molecule has 0 saturated heterocycles. The van der Waals surface area contributed by atoms with Crippen molar-refractivity contribution in [3.63, 3.8) is 0 Å². The average Bonchev–Trinajstić information content (AvgIpc) is 3.26. The SMILES string of the molecule is Nc1ccnc(-c2cc(-c3nccs3)n(Cc3ccccc3F)n2)n1. The molecule has 0 bridgehead atoms. The predicted molar refractivity (Wildman–Crippen MR) is 94.3 cm³/mol. The Morgan fingerprint density at radius 3 is 2.76 bits per heavy atom. The van der Waals surface area contributed by atoms with Gasteiger partial charge >= 0.3 is 0 Å². The lowest BCUT2D eigenvalue weighted by Gasteiger charge is -2.06. The van der Waals surface area contributed by atoms with Gasteiger partial charge < -0.3 is 5.73 Å². The maximum Gasteiger partial charge on any atom is 0.182 e. The summed E-state index contributed by atoms with van der Waals surface area (Å²) in [5.41, 5.74) is 7.62. The monoisotopic (exact) mass is 352 g/mol. The number of hydrogen-bond acceptors (Lipinski definition) is 6. The van der Waals surface area contributed by atoms with Crippen LogP contribution in [0, 0.1) is 5.82 Å². The molecule has 0 amide bonds. The van der Waals surface area contributed by atoms with E-state index in [2.05, 4.69) is 20.1 Å². The molecule has 4 rings (SSSR count). The Kier molecular flexibility index (Phi) is 3.95. The molecule has 0 atom stereocenters. The number of nitrogens with two attached hydrogens (primary N) is 1. The number of hydrogen-bond donors (Lipinski definition) is 1. The van der Waals surface area contributed by atoms with Crippen molar-refractivity contribution in [3.8, 4) is 22.2 Å². The largest absolute Gasteiger partial charge is 0.384 e. The molecule has 0 radical (unpaired) electrons. The van der Waals surface area contributed by atoms with E-state index in [1.54, 1.807) is 41.3 Å². The van der Waals surface area contributed by atoms with Crippen LogP contribution in [0.15, 0.2) is 54.2 Å². The fraction of sp³-hybridized carbons (Fsp3) is 0.0588. The van der Waals surface area contributed by atoms with Crippen molar-refractivity contribution >= 4 is 17.2 Å². The molecule has 3 aromatic heterocycles. The Bertz CT molecular complexity index is 1010. The number of nitrogen functional groups attached to an aromatic ring is 1. The van der Waals surface area contributed by atoms with Gasteiger partial charge in [0, 0.05) is 23.3 Å². The molecule has 0 aliphatic heterocycles. The molecule has 2 N–H and O–H groups in total. The van der Waals surface area contributed by atoms with E-state index in [0.29, 0.717) is 22.9 Å². The second kappa shape index (κ2) is 6.40. The summed E-state index contributed by atoms with van der Waals surface area (Å²) in [7, 11) is 0. The number of halogens is 1. The highest BCUT2D eigenvalue weighted by molar-refractivity contribution is 7.13. The fourth-order valence-electron chi connectivity index (χ4n) is 2.45. The van der Waals surface area contributed by atoms with E-state index in [1.165, 1.54) is 17.4 Å².